The van der Waals surface area contributed by atoms with Gasteiger partial charge in [-0.05, 0) is 29.0 Å². The Morgan fingerprint density at radius 3 is 2.41 bits per heavy atom. The van der Waals surface area contributed by atoms with Gasteiger partial charge in [0.15, 0.2) is 5.78 Å². The summed E-state index contributed by atoms with van der Waals surface area (Å²) in [5.41, 5.74) is -0.0890. The molecule has 0 saturated heterocycles. The van der Waals surface area contributed by atoms with E-state index in [1.54, 1.807) is 31.3 Å². The van der Waals surface area contributed by atoms with E-state index in [0.717, 1.165) is 16.2 Å². The van der Waals surface area contributed by atoms with E-state index < -0.39 is 5.63 Å². The van der Waals surface area contributed by atoms with Crippen molar-refractivity contribution in [3.63, 3.8) is 0 Å². The summed E-state index contributed by atoms with van der Waals surface area (Å²) in [5.74, 6) is -0.363. The number of nitrogens with zero attached hydrogens (tertiary/aromatic N) is 1. The van der Waals surface area contributed by atoms with Gasteiger partial charge in [0, 0.05) is 31.8 Å². The van der Waals surface area contributed by atoms with Crippen molar-refractivity contribution in [2.24, 2.45) is 0 Å². The van der Waals surface area contributed by atoms with Crippen LogP contribution < -0.4 is 5.63 Å². The molecular weight excluding hydrogens is 278 g/mol. The highest BCUT2D eigenvalue weighted by atomic mass is 16.4. The summed E-state index contributed by atoms with van der Waals surface area (Å²) in [6, 6.07) is 13.1. The van der Waals surface area contributed by atoms with Gasteiger partial charge in [-0.15, -0.1) is 0 Å². The lowest BCUT2D eigenvalue weighted by Gasteiger charge is -2.04. The monoisotopic (exact) mass is 293 g/mol. The van der Waals surface area contributed by atoms with Crippen LogP contribution in [-0.4, -0.2) is 24.8 Å². The predicted octanol–water partition coefficient (Wildman–Crippen LogP) is 3.20. The maximum absolute atomic E-state index is 12.1. The number of benzene rings is 2. The number of carbonyl (C=O) groups is 1. The van der Waals surface area contributed by atoms with Gasteiger partial charge < -0.3 is 9.32 Å². The number of ketones is 1. The van der Waals surface area contributed by atoms with Crippen LogP contribution in [-0.2, 0) is 0 Å². The first-order valence-electron chi connectivity index (χ1n) is 6.90. The lowest BCUT2D eigenvalue weighted by atomic mass is 10.1. The smallest absolute Gasteiger partial charge is 0.347 e. The van der Waals surface area contributed by atoms with Crippen LogP contribution >= 0.6 is 0 Å². The second-order valence-electron chi connectivity index (χ2n) is 5.33. The third kappa shape index (κ3) is 2.63. The number of rotatable bonds is 3. The summed E-state index contributed by atoms with van der Waals surface area (Å²) in [5, 5.41) is 2.76. The third-order valence-electron chi connectivity index (χ3n) is 3.39. The van der Waals surface area contributed by atoms with Crippen molar-refractivity contribution in [1.29, 1.82) is 0 Å². The minimum absolute atomic E-state index is 0.0425. The maximum atomic E-state index is 12.1. The minimum Gasteiger partial charge on any atom is -0.422 e. The van der Waals surface area contributed by atoms with Crippen molar-refractivity contribution < 1.29 is 9.21 Å². The highest BCUT2D eigenvalue weighted by Gasteiger charge is 2.12. The van der Waals surface area contributed by atoms with Gasteiger partial charge in [0.1, 0.15) is 11.1 Å². The molecule has 4 heteroatoms. The van der Waals surface area contributed by atoms with E-state index >= 15 is 0 Å². The zero-order chi connectivity index (χ0) is 15.7. The third-order valence-corrected chi connectivity index (χ3v) is 3.39. The van der Waals surface area contributed by atoms with E-state index in [1.165, 1.54) is 6.08 Å². The first-order valence-corrected chi connectivity index (χ1v) is 6.90. The molecule has 0 fully saturated rings. The molecule has 0 unspecified atom stereocenters. The Kier molecular flexibility index (Phi) is 3.51. The molecular formula is C18H15NO3. The Balaban J connectivity index is 2.17. The minimum atomic E-state index is -0.615. The van der Waals surface area contributed by atoms with Gasteiger partial charge in [0.05, 0.1) is 0 Å². The number of fused-ring (bicyclic) bond motifs is 2. The first kappa shape index (κ1) is 14.1. The molecule has 0 spiro atoms. The molecule has 3 aromatic rings. The number of hydrogen-bond donors (Lipinski definition) is 0. The van der Waals surface area contributed by atoms with Crippen LogP contribution in [0.2, 0.25) is 0 Å². The fourth-order valence-corrected chi connectivity index (χ4v) is 2.29. The summed E-state index contributed by atoms with van der Waals surface area (Å²) in [4.78, 5) is 25.9. The van der Waals surface area contributed by atoms with Crippen molar-refractivity contribution in [2.75, 3.05) is 14.1 Å². The molecule has 0 radical (unpaired) electrons. The SMILES string of the molecule is CN(C)/C=C/C(=O)c1cc2cc3ccccc3cc2oc1=O. The molecule has 1 aromatic heterocycles. The molecule has 3 rings (SSSR count). The normalized spacial score (nSPS) is 11.4. The van der Waals surface area contributed by atoms with Crippen molar-refractivity contribution >= 4 is 27.5 Å². The molecule has 22 heavy (non-hydrogen) atoms. The van der Waals surface area contributed by atoms with Crippen LogP contribution in [0.15, 0.2) is 64.0 Å². The average molecular weight is 293 g/mol. The van der Waals surface area contributed by atoms with E-state index in [2.05, 4.69) is 0 Å². The molecule has 110 valence electrons. The highest BCUT2D eigenvalue weighted by molar-refractivity contribution is 6.06. The Bertz CT molecular complexity index is 951. The van der Waals surface area contributed by atoms with Crippen molar-refractivity contribution in [3.8, 4) is 0 Å². The second kappa shape index (κ2) is 5.48. The predicted molar refractivity (Wildman–Crippen MR) is 87.1 cm³/mol. The fourth-order valence-electron chi connectivity index (χ4n) is 2.29. The molecule has 0 saturated carbocycles. The summed E-state index contributed by atoms with van der Waals surface area (Å²) in [6.07, 6.45) is 2.96. The number of carbonyl (C=O) groups excluding carboxylic acids is 1. The Morgan fingerprint density at radius 1 is 1.05 bits per heavy atom. The topological polar surface area (TPSA) is 50.5 Å². The van der Waals surface area contributed by atoms with Crippen LogP contribution in [0.3, 0.4) is 0 Å². The fraction of sp³-hybridized carbons (Fsp3) is 0.111. The van der Waals surface area contributed by atoms with E-state index in [-0.39, 0.29) is 11.3 Å². The van der Waals surface area contributed by atoms with Gasteiger partial charge in [-0.2, -0.15) is 0 Å². The summed E-state index contributed by atoms with van der Waals surface area (Å²) < 4.78 is 5.30. The van der Waals surface area contributed by atoms with Crippen LogP contribution in [0.1, 0.15) is 10.4 Å². The Morgan fingerprint density at radius 2 is 1.73 bits per heavy atom. The first-order chi connectivity index (χ1) is 10.5. The van der Waals surface area contributed by atoms with E-state index in [1.807, 2.05) is 36.4 Å². The van der Waals surface area contributed by atoms with Crippen molar-refractivity contribution in [3.05, 3.63) is 70.7 Å². The zero-order valence-corrected chi connectivity index (χ0v) is 12.4. The molecule has 0 amide bonds. The molecule has 0 aliphatic rings. The van der Waals surface area contributed by atoms with Crippen LogP contribution in [0.4, 0.5) is 0 Å². The van der Waals surface area contributed by atoms with Gasteiger partial charge in [0.25, 0.3) is 0 Å². The molecule has 0 aliphatic carbocycles. The summed E-state index contributed by atoms with van der Waals surface area (Å²) >= 11 is 0. The van der Waals surface area contributed by atoms with E-state index in [9.17, 15) is 9.59 Å². The molecule has 0 bridgehead atoms. The van der Waals surface area contributed by atoms with E-state index in [0.29, 0.717) is 5.58 Å². The largest absolute Gasteiger partial charge is 0.422 e. The van der Waals surface area contributed by atoms with Gasteiger partial charge in [-0.3, -0.25) is 4.79 Å². The van der Waals surface area contributed by atoms with Crippen molar-refractivity contribution in [2.45, 2.75) is 0 Å². The van der Waals surface area contributed by atoms with Crippen molar-refractivity contribution in [1.82, 2.24) is 4.90 Å². The number of allylic oxidation sites excluding steroid dienone is 1. The highest BCUT2D eigenvalue weighted by Crippen LogP contribution is 2.22. The zero-order valence-electron chi connectivity index (χ0n) is 12.4. The molecule has 0 atom stereocenters. The van der Waals surface area contributed by atoms with Gasteiger partial charge in [-0.25, -0.2) is 4.79 Å². The van der Waals surface area contributed by atoms with Crippen LogP contribution in [0.25, 0.3) is 21.7 Å². The van der Waals surface area contributed by atoms with Gasteiger partial charge >= 0.3 is 5.63 Å². The Labute approximate surface area is 127 Å². The van der Waals surface area contributed by atoms with Gasteiger partial charge in [0.2, 0.25) is 0 Å². The molecule has 0 aliphatic heterocycles. The number of hydrogen-bond acceptors (Lipinski definition) is 4. The summed E-state index contributed by atoms with van der Waals surface area (Å²) in [6.45, 7) is 0. The lowest BCUT2D eigenvalue weighted by Crippen LogP contribution is -2.13. The Hall–Kier alpha value is -2.88. The quantitative estimate of drug-likeness (QED) is 0.322. The van der Waals surface area contributed by atoms with E-state index in [4.69, 9.17) is 4.42 Å². The molecule has 4 nitrogen and oxygen atoms in total. The molecule has 1 heterocycles. The average Bonchev–Trinajstić information content (AvgIpc) is 2.50. The van der Waals surface area contributed by atoms with Gasteiger partial charge in [-0.1, -0.05) is 24.3 Å². The van der Waals surface area contributed by atoms with Crippen LogP contribution in [0, 0.1) is 0 Å². The maximum Gasteiger partial charge on any atom is 0.347 e. The second-order valence-corrected chi connectivity index (χ2v) is 5.33. The summed E-state index contributed by atoms with van der Waals surface area (Å²) in [7, 11) is 3.61. The van der Waals surface area contributed by atoms with Crippen LogP contribution in [0.5, 0.6) is 0 Å². The standard InChI is InChI=1S/C18H15NO3/c1-19(2)8-7-16(20)15-10-14-9-12-5-3-4-6-13(12)11-17(14)22-18(15)21/h3-11H,1-2H3/b8-7+. The lowest BCUT2D eigenvalue weighted by molar-refractivity contribution is 0.104. The molecule has 2 aromatic carbocycles. The molecule has 0 N–H and O–H groups in total.